The molecule has 0 aliphatic rings. The maximum absolute atomic E-state index is 12.0. The Labute approximate surface area is 133 Å². The SMILES string of the molecule is O=C(OCc1ccccc1)c1ccc(-c2cccc(=O)[nH]2)cc1. The summed E-state index contributed by atoms with van der Waals surface area (Å²) in [5.41, 5.74) is 2.81. The predicted molar refractivity (Wildman–Crippen MR) is 88.1 cm³/mol. The molecule has 0 fully saturated rings. The highest BCUT2D eigenvalue weighted by Crippen LogP contribution is 2.16. The molecule has 0 aliphatic carbocycles. The summed E-state index contributed by atoms with van der Waals surface area (Å²) in [7, 11) is 0. The van der Waals surface area contributed by atoms with Crippen LogP contribution < -0.4 is 5.56 Å². The quantitative estimate of drug-likeness (QED) is 0.752. The molecule has 1 heterocycles. The van der Waals surface area contributed by atoms with Gasteiger partial charge in [-0.1, -0.05) is 48.5 Å². The van der Waals surface area contributed by atoms with Gasteiger partial charge < -0.3 is 9.72 Å². The molecule has 0 radical (unpaired) electrons. The van der Waals surface area contributed by atoms with Crippen molar-refractivity contribution in [2.75, 3.05) is 0 Å². The number of aromatic amines is 1. The summed E-state index contributed by atoms with van der Waals surface area (Å²) in [6.07, 6.45) is 0. The number of H-pyrrole nitrogens is 1. The van der Waals surface area contributed by atoms with Gasteiger partial charge in [0.2, 0.25) is 5.56 Å². The second-order valence-electron chi connectivity index (χ2n) is 5.07. The van der Waals surface area contributed by atoms with Gasteiger partial charge >= 0.3 is 5.97 Å². The summed E-state index contributed by atoms with van der Waals surface area (Å²) in [6, 6.07) is 21.4. The summed E-state index contributed by atoms with van der Waals surface area (Å²) in [5, 5.41) is 0. The maximum Gasteiger partial charge on any atom is 0.338 e. The smallest absolute Gasteiger partial charge is 0.338 e. The van der Waals surface area contributed by atoms with Gasteiger partial charge in [-0.25, -0.2) is 4.79 Å². The number of nitrogens with one attached hydrogen (secondary N) is 1. The van der Waals surface area contributed by atoms with Crippen LogP contribution in [0.15, 0.2) is 77.6 Å². The van der Waals surface area contributed by atoms with E-state index in [1.165, 1.54) is 6.07 Å². The molecule has 0 bridgehead atoms. The van der Waals surface area contributed by atoms with Crippen molar-refractivity contribution in [1.29, 1.82) is 0 Å². The van der Waals surface area contributed by atoms with Crippen LogP contribution in [-0.4, -0.2) is 11.0 Å². The molecule has 3 aromatic rings. The first-order valence-corrected chi connectivity index (χ1v) is 7.23. The highest BCUT2D eigenvalue weighted by molar-refractivity contribution is 5.90. The lowest BCUT2D eigenvalue weighted by molar-refractivity contribution is 0.0473. The van der Waals surface area contributed by atoms with Crippen molar-refractivity contribution in [3.63, 3.8) is 0 Å². The van der Waals surface area contributed by atoms with Gasteiger partial charge in [0.15, 0.2) is 0 Å². The van der Waals surface area contributed by atoms with Crippen molar-refractivity contribution < 1.29 is 9.53 Å². The Kier molecular flexibility index (Phi) is 4.34. The van der Waals surface area contributed by atoms with Gasteiger partial charge in [0.25, 0.3) is 0 Å². The number of pyridine rings is 1. The van der Waals surface area contributed by atoms with E-state index in [4.69, 9.17) is 4.74 Å². The van der Waals surface area contributed by atoms with Gasteiger partial charge in [0.05, 0.1) is 5.56 Å². The number of esters is 1. The van der Waals surface area contributed by atoms with Crippen LogP contribution in [0.4, 0.5) is 0 Å². The molecule has 0 unspecified atom stereocenters. The average molecular weight is 305 g/mol. The zero-order valence-electron chi connectivity index (χ0n) is 12.4. The van der Waals surface area contributed by atoms with Crippen LogP contribution >= 0.6 is 0 Å². The average Bonchev–Trinajstić information content (AvgIpc) is 2.61. The molecule has 2 aromatic carbocycles. The number of rotatable bonds is 4. The fourth-order valence-electron chi connectivity index (χ4n) is 2.21. The van der Waals surface area contributed by atoms with Crippen molar-refractivity contribution in [3.05, 3.63) is 94.3 Å². The lowest BCUT2D eigenvalue weighted by Crippen LogP contribution is -2.06. The van der Waals surface area contributed by atoms with Gasteiger partial charge in [-0.15, -0.1) is 0 Å². The van der Waals surface area contributed by atoms with Gasteiger partial charge in [-0.3, -0.25) is 4.79 Å². The van der Waals surface area contributed by atoms with Crippen LogP contribution in [0.2, 0.25) is 0 Å². The molecule has 114 valence electrons. The number of ether oxygens (including phenoxy) is 1. The summed E-state index contributed by atoms with van der Waals surface area (Å²) in [4.78, 5) is 26.1. The van der Waals surface area contributed by atoms with Gasteiger partial charge in [-0.05, 0) is 29.3 Å². The molecule has 3 rings (SSSR count). The Hall–Kier alpha value is -3.14. The monoisotopic (exact) mass is 305 g/mol. The molecule has 0 saturated carbocycles. The fourth-order valence-corrected chi connectivity index (χ4v) is 2.21. The molecule has 0 saturated heterocycles. The molecule has 0 spiro atoms. The molecule has 23 heavy (non-hydrogen) atoms. The van der Waals surface area contributed by atoms with Gasteiger partial charge in [0.1, 0.15) is 6.61 Å². The largest absolute Gasteiger partial charge is 0.457 e. The molecular formula is C19H15NO3. The summed E-state index contributed by atoms with van der Waals surface area (Å²) in [6.45, 7) is 0.243. The molecular weight excluding hydrogens is 290 g/mol. The van der Waals surface area contributed by atoms with Crippen molar-refractivity contribution in [1.82, 2.24) is 4.98 Å². The van der Waals surface area contributed by atoms with E-state index in [2.05, 4.69) is 4.98 Å². The summed E-state index contributed by atoms with van der Waals surface area (Å²) >= 11 is 0. The van der Waals surface area contributed by atoms with Gasteiger partial charge in [-0.2, -0.15) is 0 Å². The van der Waals surface area contributed by atoms with Crippen LogP contribution in [0.1, 0.15) is 15.9 Å². The number of hydrogen-bond acceptors (Lipinski definition) is 3. The molecule has 1 N–H and O–H groups in total. The normalized spacial score (nSPS) is 10.3. The van der Waals surface area contributed by atoms with E-state index in [-0.39, 0.29) is 18.1 Å². The lowest BCUT2D eigenvalue weighted by atomic mass is 10.1. The highest BCUT2D eigenvalue weighted by atomic mass is 16.5. The molecule has 4 nitrogen and oxygen atoms in total. The van der Waals surface area contributed by atoms with Crippen molar-refractivity contribution in [2.24, 2.45) is 0 Å². The third kappa shape index (κ3) is 3.74. The van der Waals surface area contributed by atoms with Crippen LogP contribution in [0, 0.1) is 0 Å². The minimum absolute atomic E-state index is 0.158. The Balaban J connectivity index is 1.69. The highest BCUT2D eigenvalue weighted by Gasteiger charge is 2.08. The number of carbonyl (C=O) groups is 1. The zero-order chi connectivity index (χ0) is 16.1. The minimum atomic E-state index is -0.373. The minimum Gasteiger partial charge on any atom is -0.457 e. The maximum atomic E-state index is 12.0. The third-order valence-electron chi connectivity index (χ3n) is 3.41. The first-order valence-electron chi connectivity index (χ1n) is 7.23. The molecule has 0 amide bonds. The fraction of sp³-hybridized carbons (Fsp3) is 0.0526. The van der Waals surface area contributed by atoms with E-state index >= 15 is 0 Å². The molecule has 0 atom stereocenters. The number of hydrogen-bond donors (Lipinski definition) is 1. The number of benzene rings is 2. The summed E-state index contributed by atoms with van der Waals surface area (Å²) < 4.78 is 5.28. The molecule has 0 aliphatic heterocycles. The van der Waals surface area contributed by atoms with E-state index in [9.17, 15) is 9.59 Å². The van der Waals surface area contributed by atoms with Crippen LogP contribution in [0.3, 0.4) is 0 Å². The number of aromatic nitrogens is 1. The zero-order valence-corrected chi connectivity index (χ0v) is 12.4. The standard InChI is InChI=1S/C19H15NO3/c21-18-8-4-7-17(20-18)15-9-11-16(12-10-15)19(22)23-13-14-5-2-1-3-6-14/h1-12H,13H2,(H,20,21). The van der Waals surface area contributed by atoms with Crippen molar-refractivity contribution >= 4 is 5.97 Å². The lowest BCUT2D eigenvalue weighted by Gasteiger charge is -2.06. The molecule has 4 heteroatoms. The van der Waals surface area contributed by atoms with Crippen LogP contribution in [0.25, 0.3) is 11.3 Å². The van der Waals surface area contributed by atoms with Crippen LogP contribution in [0.5, 0.6) is 0 Å². The first-order chi connectivity index (χ1) is 11.2. The van der Waals surface area contributed by atoms with E-state index in [0.717, 1.165) is 11.1 Å². The first kappa shape index (κ1) is 14.8. The van der Waals surface area contributed by atoms with E-state index in [0.29, 0.717) is 11.3 Å². The van der Waals surface area contributed by atoms with E-state index in [1.807, 2.05) is 36.4 Å². The number of carbonyl (C=O) groups excluding carboxylic acids is 1. The molecule has 1 aromatic heterocycles. The van der Waals surface area contributed by atoms with Crippen molar-refractivity contribution in [3.8, 4) is 11.3 Å². The predicted octanol–water partition coefficient (Wildman–Crippen LogP) is 3.40. The Morgan fingerprint density at radius 3 is 2.30 bits per heavy atom. The topological polar surface area (TPSA) is 59.2 Å². The second-order valence-corrected chi connectivity index (χ2v) is 5.07. The van der Waals surface area contributed by atoms with Gasteiger partial charge in [0, 0.05) is 11.8 Å². The third-order valence-corrected chi connectivity index (χ3v) is 3.41. The van der Waals surface area contributed by atoms with E-state index < -0.39 is 0 Å². The Morgan fingerprint density at radius 1 is 0.870 bits per heavy atom. The second kappa shape index (κ2) is 6.75. The van der Waals surface area contributed by atoms with E-state index in [1.54, 1.807) is 30.3 Å². The Bertz CT molecular complexity index is 852. The Morgan fingerprint density at radius 2 is 1.61 bits per heavy atom. The van der Waals surface area contributed by atoms with Crippen LogP contribution in [-0.2, 0) is 11.3 Å². The summed E-state index contributed by atoms with van der Waals surface area (Å²) in [5.74, 6) is -0.373. The van der Waals surface area contributed by atoms with Crippen molar-refractivity contribution in [2.45, 2.75) is 6.61 Å².